The van der Waals surface area contributed by atoms with E-state index in [1.54, 1.807) is 0 Å². The van der Waals surface area contributed by atoms with Crippen LogP contribution in [0.15, 0.2) is 29.4 Å². The van der Waals surface area contributed by atoms with Crippen molar-refractivity contribution in [2.24, 2.45) is 5.16 Å². The van der Waals surface area contributed by atoms with Gasteiger partial charge in [0.2, 0.25) is 0 Å². The molecule has 5 atom stereocenters. The van der Waals surface area contributed by atoms with Gasteiger partial charge in [-0.3, -0.25) is 4.55 Å². The molecule has 0 radical (unpaired) electrons. The molecule has 1 aromatic carbocycles. The van der Waals surface area contributed by atoms with Crippen molar-refractivity contribution in [3.63, 3.8) is 0 Å². The number of aliphatic hydroxyl groups is 4. The second-order valence-corrected chi connectivity index (χ2v) is 7.33. The van der Waals surface area contributed by atoms with Crippen LogP contribution in [0.1, 0.15) is 5.56 Å². The summed E-state index contributed by atoms with van der Waals surface area (Å²) in [6, 6.07) is 4.88. The van der Waals surface area contributed by atoms with Crippen LogP contribution in [-0.2, 0) is 19.4 Å². The van der Waals surface area contributed by atoms with Gasteiger partial charge in [0.1, 0.15) is 34.9 Å². The summed E-state index contributed by atoms with van der Waals surface area (Å²) >= 11 is 0.591. The van der Waals surface area contributed by atoms with Gasteiger partial charge >= 0.3 is 61.8 Å². The first kappa shape index (κ1) is 25.2. The van der Waals surface area contributed by atoms with Gasteiger partial charge < -0.3 is 30.3 Å². The maximum Gasteiger partial charge on any atom is 1.00 e. The Morgan fingerprint density at radius 2 is 1.78 bits per heavy atom. The molecule has 0 aromatic heterocycles. The Morgan fingerprint density at radius 3 is 2.30 bits per heavy atom. The molecule has 27 heavy (non-hydrogen) atoms. The predicted octanol–water partition coefficient (Wildman–Crippen LogP) is -5.22. The van der Waals surface area contributed by atoms with Crippen molar-refractivity contribution in [2.75, 3.05) is 6.61 Å². The van der Waals surface area contributed by atoms with Crippen molar-refractivity contribution in [2.45, 2.75) is 29.9 Å². The van der Waals surface area contributed by atoms with Crippen LogP contribution in [0.5, 0.6) is 5.75 Å². The summed E-state index contributed by atoms with van der Waals surface area (Å²) < 4.78 is 39.4. The Kier molecular flexibility index (Phi) is 10.1. The standard InChI is InChI=1S/C13H17NO10S2.K/c15-5-8-9(17)10(18)11(19)13(23-8)25-12(14-24-26(20,21)22)6-1-3-7(16)4-2-6;/h1-4,8-11,13,15-19H,5H2,(H,20,21,22);/q;+1/p-1/b14-12-;/t8-,9-,10+,11-,13+;/m1./s1. The van der Waals surface area contributed by atoms with E-state index in [0.29, 0.717) is 11.8 Å². The summed E-state index contributed by atoms with van der Waals surface area (Å²) in [7, 11) is -4.92. The molecular weight excluding hydrogens is 433 g/mol. The van der Waals surface area contributed by atoms with Crippen LogP contribution in [0.2, 0.25) is 0 Å². The second-order valence-electron chi connectivity index (χ2n) is 5.24. The maximum atomic E-state index is 11.2. The van der Waals surface area contributed by atoms with Crippen molar-refractivity contribution < 1.29 is 98.9 Å². The van der Waals surface area contributed by atoms with Crippen LogP contribution in [0.4, 0.5) is 0 Å². The number of oxime groups is 1. The third-order valence-electron chi connectivity index (χ3n) is 3.39. The third kappa shape index (κ3) is 7.18. The van der Waals surface area contributed by atoms with E-state index >= 15 is 0 Å². The molecule has 5 N–H and O–H groups in total. The summed E-state index contributed by atoms with van der Waals surface area (Å²) in [4.78, 5) is 0. The van der Waals surface area contributed by atoms with E-state index in [4.69, 9.17) is 9.29 Å². The van der Waals surface area contributed by atoms with Gasteiger partial charge in [-0.25, -0.2) is 4.28 Å². The molecule has 0 saturated carbocycles. The molecule has 146 valence electrons. The minimum Gasteiger partial charge on any atom is -0.872 e. The zero-order valence-corrected chi connectivity index (χ0v) is 18.7. The molecule has 1 aliphatic heterocycles. The molecule has 1 saturated heterocycles. The van der Waals surface area contributed by atoms with E-state index in [-0.39, 0.29) is 67.7 Å². The monoisotopic (exact) mass is 449 g/mol. The normalized spacial score (nSPS) is 29.1. The Balaban J connectivity index is 0.00000364. The Hall–Kier alpha value is 0.186. The van der Waals surface area contributed by atoms with Crippen molar-refractivity contribution in [1.82, 2.24) is 0 Å². The van der Waals surface area contributed by atoms with Crippen molar-refractivity contribution in [3.8, 4) is 5.75 Å². The molecule has 0 bridgehead atoms. The average molecular weight is 450 g/mol. The average Bonchev–Trinajstić information content (AvgIpc) is 2.58. The fraction of sp³-hybridized carbons (Fsp3) is 0.462. The number of benzene rings is 1. The number of rotatable bonds is 5. The molecular formula is C13H16KNO10S2. The summed E-state index contributed by atoms with van der Waals surface area (Å²) in [5.41, 5.74) is -1.09. The van der Waals surface area contributed by atoms with Gasteiger partial charge in [0.15, 0.2) is 0 Å². The molecule has 1 aromatic rings. The maximum absolute atomic E-state index is 11.2. The van der Waals surface area contributed by atoms with Crippen molar-refractivity contribution in [3.05, 3.63) is 29.8 Å². The zero-order valence-electron chi connectivity index (χ0n) is 13.9. The Morgan fingerprint density at radius 1 is 1.19 bits per heavy atom. The summed E-state index contributed by atoms with van der Waals surface area (Å²) in [6.07, 6.45) is -6.02. The Bertz CT molecular complexity index is 742. The fourth-order valence-electron chi connectivity index (χ4n) is 2.10. The first-order valence-electron chi connectivity index (χ1n) is 7.11. The molecule has 11 nitrogen and oxygen atoms in total. The number of hydrogen-bond acceptors (Lipinski definition) is 11. The van der Waals surface area contributed by atoms with Crippen LogP contribution < -0.4 is 56.5 Å². The van der Waals surface area contributed by atoms with Gasteiger partial charge in [-0.2, -0.15) is 8.42 Å². The fourth-order valence-corrected chi connectivity index (χ4v) is 3.38. The molecule has 0 spiro atoms. The molecule has 1 heterocycles. The van der Waals surface area contributed by atoms with Crippen molar-refractivity contribution >= 4 is 27.2 Å². The van der Waals surface area contributed by atoms with Gasteiger partial charge in [-0.1, -0.05) is 41.2 Å². The zero-order chi connectivity index (χ0) is 19.5. The molecule has 2 rings (SSSR count). The van der Waals surface area contributed by atoms with Crippen LogP contribution >= 0.6 is 11.8 Å². The minimum absolute atomic E-state index is 0. The molecule has 1 fully saturated rings. The molecule has 0 aliphatic carbocycles. The van der Waals surface area contributed by atoms with Gasteiger partial charge in [-0.15, -0.1) is 5.75 Å². The number of aliphatic hydroxyl groups excluding tert-OH is 4. The summed E-state index contributed by atoms with van der Waals surface area (Å²) in [5, 5.41) is 53.0. The van der Waals surface area contributed by atoms with Gasteiger partial charge in [0, 0.05) is 5.56 Å². The van der Waals surface area contributed by atoms with E-state index in [9.17, 15) is 34.0 Å². The number of thioether (sulfide) groups is 1. The minimum atomic E-state index is -4.92. The largest absolute Gasteiger partial charge is 1.00 e. The van der Waals surface area contributed by atoms with E-state index in [2.05, 4.69) is 9.44 Å². The van der Waals surface area contributed by atoms with Crippen LogP contribution in [0, 0.1) is 0 Å². The van der Waals surface area contributed by atoms with Crippen LogP contribution in [0.3, 0.4) is 0 Å². The van der Waals surface area contributed by atoms with Gasteiger partial charge in [-0.05, 0) is 0 Å². The molecule has 14 heteroatoms. The van der Waals surface area contributed by atoms with E-state index in [1.165, 1.54) is 12.1 Å². The first-order chi connectivity index (χ1) is 12.1. The smallest absolute Gasteiger partial charge is 0.872 e. The summed E-state index contributed by atoms with van der Waals surface area (Å²) in [6.45, 7) is -0.652. The second kappa shape index (κ2) is 10.8. The topological polar surface area (TPSA) is 189 Å². The molecule has 0 unspecified atom stereocenters. The number of hydrogen-bond donors (Lipinski definition) is 5. The van der Waals surface area contributed by atoms with Crippen LogP contribution in [0.25, 0.3) is 0 Å². The van der Waals surface area contributed by atoms with E-state index < -0.39 is 46.9 Å². The number of nitrogens with zero attached hydrogens (tertiary/aromatic N) is 1. The van der Waals surface area contributed by atoms with Crippen molar-refractivity contribution in [1.29, 1.82) is 0 Å². The quantitative estimate of drug-likeness (QED) is 0.0949. The predicted molar refractivity (Wildman–Crippen MR) is 86.4 cm³/mol. The summed E-state index contributed by atoms with van der Waals surface area (Å²) in [5.74, 6) is -0.332. The van der Waals surface area contributed by atoms with Gasteiger partial charge in [0.05, 0.1) is 6.61 Å². The Labute approximate surface area is 201 Å². The van der Waals surface area contributed by atoms with E-state index in [1.807, 2.05) is 0 Å². The molecule has 1 aliphatic rings. The number of ether oxygens (including phenoxy) is 1. The van der Waals surface area contributed by atoms with Crippen LogP contribution in [-0.4, -0.2) is 74.9 Å². The third-order valence-corrected chi connectivity index (χ3v) is 4.81. The first-order valence-corrected chi connectivity index (χ1v) is 9.35. The van der Waals surface area contributed by atoms with E-state index in [0.717, 1.165) is 12.1 Å². The SMILES string of the molecule is O=S(=O)(O)O/N=C(\S[C@@H]1O[C@H](CO)[C@@H](O)[C@H](O)[C@H]1O)c1ccc([O-])cc1.[K+]. The molecule has 0 amide bonds. The van der Waals surface area contributed by atoms with Gasteiger partial charge in [0.25, 0.3) is 0 Å².